The molecule has 1 atom stereocenters. The van der Waals surface area contributed by atoms with Gasteiger partial charge in [0.05, 0.1) is 24.0 Å². The molecule has 2 heterocycles. The van der Waals surface area contributed by atoms with Crippen molar-refractivity contribution in [1.82, 2.24) is 9.88 Å². The summed E-state index contributed by atoms with van der Waals surface area (Å²) < 4.78 is 44.4. The summed E-state index contributed by atoms with van der Waals surface area (Å²) in [5.41, 5.74) is 0.975. The third kappa shape index (κ3) is 5.28. The second-order valence-electron chi connectivity index (χ2n) is 6.33. The van der Waals surface area contributed by atoms with Gasteiger partial charge >= 0.3 is 6.18 Å². The summed E-state index contributed by atoms with van der Waals surface area (Å²) in [7, 11) is 0. The van der Waals surface area contributed by atoms with Crippen LogP contribution >= 0.6 is 0 Å². The smallest absolute Gasteiger partial charge is 0.371 e. The van der Waals surface area contributed by atoms with Crippen molar-refractivity contribution in [1.29, 1.82) is 0 Å². The molecule has 0 N–H and O–H groups in total. The minimum absolute atomic E-state index is 0.0848. The Morgan fingerprint density at radius 2 is 2.04 bits per heavy atom. The molecule has 0 amide bonds. The molecule has 3 rings (SSSR count). The maximum atomic E-state index is 12.8. The van der Waals surface area contributed by atoms with E-state index in [1.807, 2.05) is 18.2 Å². The predicted molar refractivity (Wildman–Crippen MR) is 88.8 cm³/mol. The van der Waals surface area contributed by atoms with Crippen molar-refractivity contribution in [3.63, 3.8) is 0 Å². The highest BCUT2D eigenvalue weighted by Crippen LogP contribution is 2.30. The van der Waals surface area contributed by atoms with Crippen molar-refractivity contribution in [2.45, 2.75) is 38.3 Å². The van der Waals surface area contributed by atoms with Crippen molar-refractivity contribution in [3.05, 3.63) is 65.5 Å². The van der Waals surface area contributed by atoms with Gasteiger partial charge in [0.15, 0.2) is 0 Å². The van der Waals surface area contributed by atoms with Gasteiger partial charge in [0, 0.05) is 19.3 Å². The highest BCUT2D eigenvalue weighted by molar-refractivity contribution is 5.25. The van der Waals surface area contributed by atoms with Crippen LogP contribution in [0.15, 0.2) is 48.7 Å². The monoisotopic (exact) mass is 350 g/mol. The van der Waals surface area contributed by atoms with E-state index in [1.54, 1.807) is 12.3 Å². The molecule has 1 saturated heterocycles. The van der Waals surface area contributed by atoms with E-state index in [-0.39, 0.29) is 6.10 Å². The molecule has 0 radical (unpaired) electrons. The van der Waals surface area contributed by atoms with Crippen LogP contribution in [0, 0.1) is 0 Å². The second kappa shape index (κ2) is 7.97. The van der Waals surface area contributed by atoms with Crippen LogP contribution in [0.2, 0.25) is 0 Å². The van der Waals surface area contributed by atoms with E-state index in [1.165, 1.54) is 12.1 Å². The number of pyridine rings is 1. The third-order valence-electron chi connectivity index (χ3n) is 4.32. The summed E-state index contributed by atoms with van der Waals surface area (Å²) in [6.07, 6.45) is -0.537. The molecule has 3 nitrogen and oxygen atoms in total. The first-order valence-corrected chi connectivity index (χ1v) is 8.41. The first-order valence-electron chi connectivity index (χ1n) is 8.41. The molecule has 0 spiro atoms. The Morgan fingerprint density at radius 3 is 2.80 bits per heavy atom. The van der Waals surface area contributed by atoms with Gasteiger partial charge in [-0.1, -0.05) is 24.3 Å². The number of hydrogen-bond acceptors (Lipinski definition) is 3. The molecule has 1 aliphatic heterocycles. The number of ether oxygens (including phenoxy) is 1. The third-order valence-corrected chi connectivity index (χ3v) is 4.32. The molecular weight excluding hydrogens is 329 g/mol. The number of benzene rings is 1. The standard InChI is InChI=1S/C19H21F3N2O/c20-19(21,22)16-6-3-5-15(11-16)12-24-10-4-8-18(13-24)25-14-17-7-1-2-9-23-17/h1-3,5-7,9,11,18H,4,8,10,12-14H2/t18-/m1/s1. The van der Waals surface area contributed by atoms with Gasteiger partial charge in [-0.3, -0.25) is 9.88 Å². The lowest BCUT2D eigenvalue weighted by molar-refractivity contribution is -0.137. The molecule has 0 unspecified atom stereocenters. The zero-order valence-corrected chi connectivity index (χ0v) is 13.9. The molecular formula is C19H21F3N2O. The summed E-state index contributed by atoms with van der Waals surface area (Å²) in [6.45, 7) is 2.57. The van der Waals surface area contributed by atoms with E-state index in [4.69, 9.17) is 4.74 Å². The number of halogens is 3. The zero-order valence-electron chi connectivity index (χ0n) is 13.9. The topological polar surface area (TPSA) is 25.4 Å². The van der Waals surface area contributed by atoms with Crippen molar-refractivity contribution in [2.24, 2.45) is 0 Å². The minimum Gasteiger partial charge on any atom is -0.371 e. The Kier molecular flexibility index (Phi) is 5.71. The average Bonchev–Trinajstić information content (AvgIpc) is 2.61. The van der Waals surface area contributed by atoms with Crippen LogP contribution in [0.4, 0.5) is 13.2 Å². The fourth-order valence-corrected chi connectivity index (χ4v) is 3.08. The number of alkyl halides is 3. The molecule has 1 aliphatic rings. The minimum atomic E-state index is -4.30. The van der Waals surface area contributed by atoms with Crippen molar-refractivity contribution >= 4 is 0 Å². The highest BCUT2D eigenvalue weighted by Gasteiger charge is 2.30. The van der Waals surface area contributed by atoms with Crippen LogP contribution in [0.3, 0.4) is 0 Å². The van der Waals surface area contributed by atoms with Gasteiger partial charge in [-0.25, -0.2) is 0 Å². The second-order valence-corrected chi connectivity index (χ2v) is 6.33. The van der Waals surface area contributed by atoms with Crippen LogP contribution in [0.25, 0.3) is 0 Å². The highest BCUT2D eigenvalue weighted by atomic mass is 19.4. The largest absolute Gasteiger partial charge is 0.416 e. The molecule has 1 fully saturated rings. The number of piperidine rings is 1. The fourth-order valence-electron chi connectivity index (χ4n) is 3.08. The quantitative estimate of drug-likeness (QED) is 0.805. The molecule has 1 aromatic carbocycles. The van der Waals surface area contributed by atoms with E-state index in [9.17, 15) is 13.2 Å². The Morgan fingerprint density at radius 1 is 1.16 bits per heavy atom. The normalized spacial score (nSPS) is 19.1. The van der Waals surface area contributed by atoms with Gasteiger partial charge in [-0.2, -0.15) is 13.2 Å². The maximum Gasteiger partial charge on any atom is 0.416 e. The molecule has 0 saturated carbocycles. The lowest BCUT2D eigenvalue weighted by atomic mass is 10.1. The summed E-state index contributed by atoms with van der Waals surface area (Å²) in [5, 5.41) is 0. The zero-order chi connectivity index (χ0) is 17.7. The van der Waals surface area contributed by atoms with E-state index >= 15 is 0 Å². The van der Waals surface area contributed by atoms with Gasteiger partial charge in [-0.15, -0.1) is 0 Å². The van der Waals surface area contributed by atoms with Crippen LogP contribution in [-0.4, -0.2) is 29.1 Å². The Balaban J connectivity index is 1.55. The van der Waals surface area contributed by atoms with Crippen LogP contribution < -0.4 is 0 Å². The predicted octanol–water partition coefficient (Wildman–Crippen LogP) is 4.28. The number of nitrogens with zero attached hydrogens (tertiary/aromatic N) is 2. The Hall–Kier alpha value is -1.92. The summed E-state index contributed by atoms with van der Waals surface area (Å²) in [4.78, 5) is 6.39. The molecule has 25 heavy (non-hydrogen) atoms. The van der Waals surface area contributed by atoms with E-state index in [2.05, 4.69) is 9.88 Å². The maximum absolute atomic E-state index is 12.8. The van der Waals surface area contributed by atoms with Gasteiger partial charge in [0.1, 0.15) is 0 Å². The van der Waals surface area contributed by atoms with Gasteiger partial charge in [0.2, 0.25) is 0 Å². The number of aromatic nitrogens is 1. The summed E-state index contributed by atoms with van der Waals surface area (Å²) in [5.74, 6) is 0. The van der Waals surface area contributed by atoms with E-state index in [0.29, 0.717) is 18.7 Å². The summed E-state index contributed by atoms with van der Waals surface area (Å²) >= 11 is 0. The van der Waals surface area contributed by atoms with Crippen molar-refractivity contribution < 1.29 is 17.9 Å². The number of likely N-dealkylation sites (tertiary alicyclic amines) is 1. The van der Waals surface area contributed by atoms with Crippen LogP contribution in [0.1, 0.15) is 29.7 Å². The molecule has 0 bridgehead atoms. The number of rotatable bonds is 5. The molecule has 1 aromatic heterocycles. The van der Waals surface area contributed by atoms with Crippen LogP contribution in [-0.2, 0) is 24.1 Å². The first kappa shape index (κ1) is 17.9. The van der Waals surface area contributed by atoms with E-state index < -0.39 is 11.7 Å². The molecule has 134 valence electrons. The van der Waals surface area contributed by atoms with Gasteiger partial charge < -0.3 is 4.74 Å². The van der Waals surface area contributed by atoms with Crippen LogP contribution in [0.5, 0.6) is 0 Å². The Bertz CT molecular complexity index is 676. The lowest BCUT2D eigenvalue weighted by Gasteiger charge is -2.32. The van der Waals surface area contributed by atoms with Crippen molar-refractivity contribution in [3.8, 4) is 0 Å². The molecule has 6 heteroatoms. The van der Waals surface area contributed by atoms with Gasteiger partial charge in [0.25, 0.3) is 0 Å². The SMILES string of the molecule is FC(F)(F)c1cccc(CN2CCC[C@@H](OCc3ccccn3)C2)c1. The number of hydrogen-bond donors (Lipinski definition) is 0. The van der Waals surface area contributed by atoms with E-state index in [0.717, 1.165) is 37.7 Å². The van der Waals surface area contributed by atoms with Crippen molar-refractivity contribution in [2.75, 3.05) is 13.1 Å². The molecule has 0 aliphatic carbocycles. The lowest BCUT2D eigenvalue weighted by Crippen LogP contribution is -2.39. The van der Waals surface area contributed by atoms with Gasteiger partial charge in [-0.05, 0) is 43.1 Å². The average molecular weight is 350 g/mol. The Labute approximate surface area is 145 Å². The summed E-state index contributed by atoms with van der Waals surface area (Å²) in [6, 6.07) is 11.3. The fraction of sp³-hybridized carbons (Fsp3) is 0.421. The first-order chi connectivity index (χ1) is 12.0. The molecule has 2 aromatic rings.